The van der Waals surface area contributed by atoms with Crippen molar-refractivity contribution in [1.29, 1.82) is 5.26 Å². The maximum Gasteiger partial charge on any atom is 0.397 e. The van der Waals surface area contributed by atoms with Crippen LogP contribution in [-0.2, 0) is 4.79 Å². The Bertz CT molecular complexity index is 1180. The zero-order valence-electron chi connectivity index (χ0n) is 19.4. The first-order valence-electron chi connectivity index (χ1n) is 12.0. The third kappa shape index (κ3) is 4.84. The van der Waals surface area contributed by atoms with E-state index in [1.165, 1.54) is 17.0 Å². The minimum atomic E-state index is -4.54. The highest BCUT2D eigenvalue weighted by Gasteiger charge is 2.44. The standard InChI is InChI=1S/C26H26F4N4O/c1-15-20(13-31)25(32-24(18-4-5-18)23(15)17-6-8-19(27)9-7-17)33-10-11-34(21(14-33)16-2-3-16)22(35)12-26(28,29)30/h6-9,16,18,21H,2-5,10-12,14H2,1H3/t21-/m0/s1. The summed E-state index contributed by atoms with van der Waals surface area (Å²) in [5.74, 6) is -0.263. The molecule has 3 fully saturated rings. The van der Waals surface area contributed by atoms with Gasteiger partial charge in [-0.2, -0.15) is 18.4 Å². The lowest BCUT2D eigenvalue weighted by Crippen LogP contribution is -2.57. The van der Waals surface area contributed by atoms with Crippen LogP contribution in [0.2, 0.25) is 0 Å². The number of aromatic nitrogens is 1. The number of rotatable bonds is 5. The van der Waals surface area contributed by atoms with Crippen molar-refractivity contribution >= 4 is 11.7 Å². The van der Waals surface area contributed by atoms with E-state index in [-0.39, 0.29) is 30.2 Å². The average molecular weight is 487 g/mol. The predicted octanol–water partition coefficient (Wildman–Crippen LogP) is 5.32. The van der Waals surface area contributed by atoms with Crippen LogP contribution in [0.4, 0.5) is 23.4 Å². The van der Waals surface area contributed by atoms with Gasteiger partial charge in [0.1, 0.15) is 24.1 Å². The number of hydrogen-bond donors (Lipinski definition) is 0. The molecule has 9 heteroatoms. The molecular formula is C26H26F4N4O. The fourth-order valence-electron chi connectivity index (χ4n) is 5.18. The predicted molar refractivity (Wildman–Crippen MR) is 122 cm³/mol. The van der Waals surface area contributed by atoms with Gasteiger partial charge in [0, 0.05) is 31.1 Å². The van der Waals surface area contributed by atoms with Crippen molar-refractivity contribution in [1.82, 2.24) is 9.88 Å². The van der Waals surface area contributed by atoms with Gasteiger partial charge in [0.25, 0.3) is 0 Å². The summed E-state index contributed by atoms with van der Waals surface area (Å²) in [6, 6.07) is 8.13. The number of halogens is 4. The average Bonchev–Trinajstić information content (AvgIpc) is 3.70. The molecule has 0 unspecified atom stereocenters. The number of carbonyl (C=O) groups is 1. The Kier molecular flexibility index (Phi) is 5.94. The van der Waals surface area contributed by atoms with E-state index in [2.05, 4.69) is 6.07 Å². The molecule has 0 bridgehead atoms. The Morgan fingerprint density at radius 1 is 1.14 bits per heavy atom. The molecule has 0 radical (unpaired) electrons. The summed E-state index contributed by atoms with van der Waals surface area (Å²) in [4.78, 5) is 20.8. The smallest absolute Gasteiger partial charge is 0.352 e. The van der Waals surface area contributed by atoms with Crippen molar-refractivity contribution in [2.45, 2.75) is 57.2 Å². The zero-order chi connectivity index (χ0) is 24.9. The van der Waals surface area contributed by atoms with Gasteiger partial charge in [-0.3, -0.25) is 4.79 Å². The molecule has 2 aliphatic carbocycles. The highest BCUT2D eigenvalue weighted by atomic mass is 19.4. The second-order valence-electron chi connectivity index (χ2n) is 9.82. The van der Waals surface area contributed by atoms with Crippen LogP contribution in [0.3, 0.4) is 0 Å². The molecular weight excluding hydrogens is 460 g/mol. The Hall–Kier alpha value is -3.15. The Labute approximate surface area is 201 Å². The van der Waals surface area contributed by atoms with Crippen LogP contribution in [0.25, 0.3) is 11.1 Å². The number of hydrogen-bond acceptors (Lipinski definition) is 4. The van der Waals surface area contributed by atoms with Gasteiger partial charge in [0.15, 0.2) is 0 Å². The maximum atomic E-state index is 13.5. The monoisotopic (exact) mass is 486 g/mol. The summed E-state index contributed by atoms with van der Waals surface area (Å²) in [5.41, 5.74) is 3.72. The van der Waals surface area contributed by atoms with E-state index >= 15 is 0 Å². The first-order chi connectivity index (χ1) is 16.7. The molecule has 2 heterocycles. The second kappa shape index (κ2) is 8.81. The van der Waals surface area contributed by atoms with Crippen LogP contribution < -0.4 is 4.90 Å². The van der Waals surface area contributed by atoms with Crippen molar-refractivity contribution in [3.63, 3.8) is 0 Å². The van der Waals surface area contributed by atoms with Crippen LogP contribution in [-0.4, -0.2) is 47.6 Å². The van der Waals surface area contributed by atoms with E-state index in [1.54, 1.807) is 12.1 Å². The maximum absolute atomic E-state index is 13.5. The zero-order valence-corrected chi connectivity index (χ0v) is 19.4. The van der Waals surface area contributed by atoms with Gasteiger partial charge in [-0.1, -0.05) is 12.1 Å². The molecule has 1 aliphatic heterocycles. The van der Waals surface area contributed by atoms with Crippen molar-refractivity contribution in [3.05, 3.63) is 46.9 Å². The fourth-order valence-corrected chi connectivity index (χ4v) is 5.18. The third-order valence-corrected chi connectivity index (χ3v) is 7.22. The largest absolute Gasteiger partial charge is 0.397 e. The molecule has 3 aliphatic rings. The van der Waals surface area contributed by atoms with Gasteiger partial charge in [0.05, 0.1) is 17.3 Å². The summed E-state index contributed by atoms with van der Waals surface area (Å²) in [5, 5.41) is 10.1. The number of pyridine rings is 1. The van der Waals surface area contributed by atoms with Gasteiger partial charge in [-0.15, -0.1) is 0 Å². The highest BCUT2D eigenvalue weighted by Crippen LogP contribution is 2.47. The number of nitrogens with zero attached hydrogens (tertiary/aromatic N) is 4. The van der Waals surface area contributed by atoms with Crippen LogP contribution in [0, 0.1) is 30.0 Å². The molecule has 1 aromatic heterocycles. The molecule has 0 spiro atoms. The minimum Gasteiger partial charge on any atom is -0.352 e. The lowest BCUT2D eigenvalue weighted by molar-refractivity contribution is -0.163. The number of nitriles is 1. The van der Waals surface area contributed by atoms with Gasteiger partial charge in [-0.25, -0.2) is 9.37 Å². The molecule has 1 atom stereocenters. The molecule has 35 heavy (non-hydrogen) atoms. The summed E-state index contributed by atoms with van der Waals surface area (Å²) in [6.07, 6.45) is -2.27. The van der Waals surface area contributed by atoms with Crippen molar-refractivity contribution < 1.29 is 22.4 Å². The van der Waals surface area contributed by atoms with Gasteiger partial charge in [-0.05, 0) is 61.8 Å². The first-order valence-corrected chi connectivity index (χ1v) is 12.0. The Morgan fingerprint density at radius 2 is 1.83 bits per heavy atom. The second-order valence-corrected chi connectivity index (χ2v) is 9.82. The highest BCUT2D eigenvalue weighted by molar-refractivity contribution is 5.79. The number of amides is 1. The van der Waals surface area contributed by atoms with E-state index in [1.807, 2.05) is 11.8 Å². The molecule has 2 saturated carbocycles. The Balaban J connectivity index is 1.50. The van der Waals surface area contributed by atoms with Crippen LogP contribution in [0.15, 0.2) is 24.3 Å². The quantitative estimate of drug-likeness (QED) is 0.537. The lowest BCUT2D eigenvalue weighted by Gasteiger charge is -2.43. The van der Waals surface area contributed by atoms with Crippen molar-refractivity contribution in [2.75, 3.05) is 24.5 Å². The number of benzene rings is 1. The molecule has 1 saturated heterocycles. The van der Waals surface area contributed by atoms with Crippen molar-refractivity contribution in [2.24, 2.45) is 5.92 Å². The Morgan fingerprint density at radius 3 is 2.40 bits per heavy atom. The van der Waals surface area contributed by atoms with Crippen molar-refractivity contribution in [3.8, 4) is 17.2 Å². The van der Waals surface area contributed by atoms with Crippen LogP contribution in [0.1, 0.15) is 54.8 Å². The number of alkyl halides is 3. The number of anilines is 1. The summed E-state index contributed by atoms with van der Waals surface area (Å²) in [7, 11) is 0. The third-order valence-electron chi connectivity index (χ3n) is 7.22. The first kappa shape index (κ1) is 23.6. The lowest BCUT2D eigenvalue weighted by atomic mass is 9.93. The minimum absolute atomic E-state index is 0.167. The molecule has 5 nitrogen and oxygen atoms in total. The molecule has 5 rings (SSSR count). The molecule has 2 aromatic rings. The van der Waals surface area contributed by atoms with Gasteiger partial charge >= 0.3 is 6.18 Å². The van der Waals surface area contributed by atoms with Gasteiger partial charge < -0.3 is 9.80 Å². The molecule has 184 valence electrons. The number of carbonyl (C=O) groups excluding carboxylic acids is 1. The normalized spacial score (nSPS) is 20.6. The van der Waals surface area contributed by atoms with Crippen LogP contribution >= 0.6 is 0 Å². The van der Waals surface area contributed by atoms with E-state index in [4.69, 9.17) is 4.98 Å². The summed E-state index contributed by atoms with van der Waals surface area (Å²) < 4.78 is 52.2. The molecule has 1 amide bonds. The SMILES string of the molecule is Cc1c(C#N)c(N2CCN(C(=O)CC(F)(F)F)[C@H](C3CC3)C2)nc(C2CC2)c1-c1ccc(F)cc1. The van der Waals surface area contributed by atoms with E-state index in [0.717, 1.165) is 48.1 Å². The fraction of sp³-hybridized carbons (Fsp3) is 0.500. The van der Waals surface area contributed by atoms with Gasteiger partial charge in [0.2, 0.25) is 5.91 Å². The van der Waals surface area contributed by atoms with E-state index in [9.17, 15) is 27.6 Å². The van der Waals surface area contributed by atoms with E-state index < -0.39 is 18.5 Å². The molecule has 1 aromatic carbocycles. The number of piperazine rings is 1. The molecule has 0 N–H and O–H groups in total. The summed E-state index contributed by atoms with van der Waals surface area (Å²) >= 11 is 0. The summed E-state index contributed by atoms with van der Waals surface area (Å²) in [6.45, 7) is 2.71. The van der Waals surface area contributed by atoms with Crippen LogP contribution in [0.5, 0.6) is 0 Å². The topological polar surface area (TPSA) is 60.2 Å². The van der Waals surface area contributed by atoms with E-state index in [0.29, 0.717) is 24.5 Å².